The van der Waals surface area contributed by atoms with Gasteiger partial charge >= 0.3 is 6.36 Å². The molecule has 2 unspecified atom stereocenters. The zero-order chi connectivity index (χ0) is 13.9. The number of hydrogen-bond acceptors (Lipinski definition) is 3. The van der Waals surface area contributed by atoms with Crippen molar-refractivity contribution in [1.29, 1.82) is 0 Å². The third-order valence-electron chi connectivity index (χ3n) is 1.99. The lowest BCUT2D eigenvalue weighted by molar-refractivity contribution is -0.274. The lowest BCUT2D eigenvalue weighted by Gasteiger charge is -2.17. The number of aliphatic hydroxyl groups is 2. The van der Waals surface area contributed by atoms with Gasteiger partial charge < -0.3 is 14.9 Å². The molecule has 0 amide bonds. The molecule has 0 aliphatic carbocycles. The van der Waals surface area contributed by atoms with Gasteiger partial charge in [0, 0.05) is 9.80 Å². The number of halogens is 5. The molecule has 102 valence electrons. The first-order valence-electron chi connectivity index (χ1n) is 4.71. The predicted octanol–water partition coefficient (Wildman–Crippen LogP) is 3.14. The van der Waals surface area contributed by atoms with Crippen LogP contribution in [-0.4, -0.2) is 28.0 Å². The Morgan fingerprint density at radius 3 is 2.33 bits per heavy atom. The van der Waals surface area contributed by atoms with Crippen LogP contribution in [0.15, 0.2) is 22.7 Å². The van der Waals surface area contributed by atoms with Gasteiger partial charge in [-0.05, 0) is 23.8 Å². The highest BCUT2D eigenvalue weighted by Gasteiger charge is 2.31. The Balaban J connectivity index is 3.01. The molecule has 2 atom stereocenters. The maximum atomic E-state index is 12.1. The molecule has 0 aliphatic rings. The molecule has 2 N–H and O–H groups in total. The molecule has 8 heteroatoms. The van der Waals surface area contributed by atoms with Gasteiger partial charge in [0.05, 0.1) is 6.10 Å². The number of ether oxygens (including phenoxy) is 1. The summed E-state index contributed by atoms with van der Waals surface area (Å²) >= 11 is 5.97. The van der Waals surface area contributed by atoms with Gasteiger partial charge in [-0.15, -0.1) is 13.2 Å². The first-order chi connectivity index (χ1) is 8.23. The number of aliphatic hydroxyl groups excluding tert-OH is 2. The Hall–Kier alpha value is -0.310. The predicted molar refractivity (Wildman–Crippen MR) is 65.6 cm³/mol. The molecule has 1 aromatic rings. The molecule has 18 heavy (non-hydrogen) atoms. The van der Waals surface area contributed by atoms with Crippen LogP contribution in [0.1, 0.15) is 11.7 Å². The summed E-state index contributed by atoms with van der Waals surface area (Å²) < 4.78 is 40.3. The molecule has 0 saturated heterocycles. The lowest BCUT2D eigenvalue weighted by atomic mass is 10.1. The van der Waals surface area contributed by atoms with Crippen LogP contribution in [0.3, 0.4) is 0 Å². The fraction of sp³-hybridized carbons (Fsp3) is 0.400. The lowest BCUT2D eigenvalue weighted by Crippen LogP contribution is -2.20. The minimum Gasteiger partial charge on any atom is -0.406 e. The number of alkyl halides is 4. The summed E-state index contributed by atoms with van der Waals surface area (Å²) in [4.78, 5) is 0. The van der Waals surface area contributed by atoms with Gasteiger partial charge in [0.1, 0.15) is 11.9 Å². The SMILES string of the molecule is OC(CBr)C(O)c1cc(Br)cc(OC(F)(F)F)c1. The van der Waals surface area contributed by atoms with E-state index >= 15 is 0 Å². The summed E-state index contributed by atoms with van der Waals surface area (Å²) in [6.45, 7) is 0. The molecule has 0 aliphatic heterocycles. The van der Waals surface area contributed by atoms with Crippen molar-refractivity contribution in [3.05, 3.63) is 28.2 Å². The first kappa shape index (κ1) is 15.7. The fourth-order valence-corrected chi connectivity index (χ4v) is 2.10. The highest BCUT2D eigenvalue weighted by Crippen LogP contribution is 2.30. The average molecular weight is 394 g/mol. The number of rotatable bonds is 4. The minimum absolute atomic E-state index is 0.0934. The average Bonchev–Trinajstić information content (AvgIpc) is 2.23. The second-order valence-electron chi connectivity index (χ2n) is 3.43. The van der Waals surface area contributed by atoms with E-state index in [4.69, 9.17) is 0 Å². The van der Waals surface area contributed by atoms with E-state index < -0.39 is 24.3 Å². The summed E-state index contributed by atoms with van der Waals surface area (Å²) in [5.74, 6) is -0.465. The van der Waals surface area contributed by atoms with Crippen molar-refractivity contribution in [3.8, 4) is 5.75 Å². The van der Waals surface area contributed by atoms with Crippen LogP contribution in [0.2, 0.25) is 0 Å². The third-order valence-corrected chi connectivity index (χ3v) is 3.11. The summed E-state index contributed by atoms with van der Waals surface area (Å²) in [6.07, 6.45) is -7.24. The van der Waals surface area contributed by atoms with E-state index in [0.717, 1.165) is 12.1 Å². The summed E-state index contributed by atoms with van der Waals surface area (Å²) in [5.41, 5.74) is 0.121. The summed E-state index contributed by atoms with van der Waals surface area (Å²) in [7, 11) is 0. The van der Waals surface area contributed by atoms with Crippen molar-refractivity contribution in [1.82, 2.24) is 0 Å². The van der Waals surface area contributed by atoms with Crippen LogP contribution in [0, 0.1) is 0 Å². The molecule has 1 aromatic carbocycles. The standard InChI is InChI=1S/C10H9Br2F3O3/c11-4-8(16)9(17)5-1-6(12)3-7(2-5)18-10(13,14)15/h1-3,8-9,16-17H,4H2. The summed E-state index contributed by atoms with van der Waals surface area (Å²) in [5, 5.41) is 19.2. The van der Waals surface area contributed by atoms with Crippen LogP contribution in [-0.2, 0) is 0 Å². The van der Waals surface area contributed by atoms with Crippen LogP contribution in [0.5, 0.6) is 5.75 Å². The first-order valence-corrected chi connectivity index (χ1v) is 6.62. The molecular formula is C10H9Br2F3O3. The van der Waals surface area contributed by atoms with Gasteiger partial charge in [0.15, 0.2) is 0 Å². The van der Waals surface area contributed by atoms with Crippen molar-refractivity contribution in [2.45, 2.75) is 18.6 Å². The quantitative estimate of drug-likeness (QED) is 0.772. The molecule has 0 heterocycles. The van der Waals surface area contributed by atoms with Gasteiger partial charge in [-0.2, -0.15) is 0 Å². The highest BCUT2D eigenvalue weighted by molar-refractivity contribution is 9.10. The molecule has 3 nitrogen and oxygen atoms in total. The van der Waals surface area contributed by atoms with Crippen LogP contribution in [0.25, 0.3) is 0 Å². The maximum absolute atomic E-state index is 12.1. The Bertz CT molecular complexity index is 412. The van der Waals surface area contributed by atoms with Crippen molar-refractivity contribution in [2.24, 2.45) is 0 Å². The molecular weight excluding hydrogens is 385 g/mol. The van der Waals surface area contributed by atoms with E-state index in [2.05, 4.69) is 36.6 Å². The zero-order valence-corrected chi connectivity index (χ0v) is 12.0. The Morgan fingerprint density at radius 1 is 1.22 bits per heavy atom. The second-order valence-corrected chi connectivity index (χ2v) is 5.00. The fourth-order valence-electron chi connectivity index (χ4n) is 1.25. The normalized spacial score (nSPS) is 15.3. The van der Waals surface area contributed by atoms with Crippen molar-refractivity contribution in [2.75, 3.05) is 5.33 Å². The maximum Gasteiger partial charge on any atom is 0.573 e. The van der Waals surface area contributed by atoms with E-state index in [-0.39, 0.29) is 10.9 Å². The molecule has 0 radical (unpaired) electrons. The Morgan fingerprint density at radius 2 is 1.83 bits per heavy atom. The minimum atomic E-state index is -4.81. The van der Waals surface area contributed by atoms with Crippen LogP contribution in [0.4, 0.5) is 13.2 Å². The van der Waals surface area contributed by atoms with Gasteiger partial charge in [-0.3, -0.25) is 0 Å². The molecule has 0 saturated carbocycles. The van der Waals surface area contributed by atoms with Crippen molar-refractivity contribution < 1.29 is 28.1 Å². The topological polar surface area (TPSA) is 49.7 Å². The van der Waals surface area contributed by atoms with E-state index in [1.165, 1.54) is 6.07 Å². The van der Waals surface area contributed by atoms with E-state index in [9.17, 15) is 23.4 Å². The molecule has 0 bridgehead atoms. The summed E-state index contributed by atoms with van der Waals surface area (Å²) in [6, 6.07) is 3.54. The third kappa shape index (κ3) is 4.75. The van der Waals surface area contributed by atoms with Gasteiger partial charge in [-0.25, -0.2) is 0 Å². The Labute approximate surface area is 118 Å². The molecule has 0 spiro atoms. The van der Waals surface area contributed by atoms with E-state index in [1.807, 2.05) is 0 Å². The number of benzene rings is 1. The molecule has 0 fully saturated rings. The van der Waals surface area contributed by atoms with Crippen LogP contribution >= 0.6 is 31.9 Å². The highest BCUT2D eigenvalue weighted by atomic mass is 79.9. The van der Waals surface area contributed by atoms with E-state index in [1.54, 1.807) is 0 Å². The van der Waals surface area contributed by atoms with Gasteiger partial charge in [-0.1, -0.05) is 31.9 Å². The van der Waals surface area contributed by atoms with Crippen molar-refractivity contribution >= 4 is 31.9 Å². The smallest absolute Gasteiger partial charge is 0.406 e. The molecule has 1 rings (SSSR count). The van der Waals surface area contributed by atoms with E-state index in [0.29, 0.717) is 4.47 Å². The monoisotopic (exact) mass is 392 g/mol. The number of hydrogen-bond donors (Lipinski definition) is 2. The van der Waals surface area contributed by atoms with Crippen LogP contribution < -0.4 is 4.74 Å². The molecule has 0 aromatic heterocycles. The second kappa shape index (κ2) is 6.23. The van der Waals surface area contributed by atoms with Crippen molar-refractivity contribution in [3.63, 3.8) is 0 Å². The largest absolute Gasteiger partial charge is 0.573 e. The van der Waals surface area contributed by atoms with Gasteiger partial charge in [0.2, 0.25) is 0 Å². The zero-order valence-electron chi connectivity index (χ0n) is 8.79. The Kier molecular flexibility index (Phi) is 5.45. The van der Waals surface area contributed by atoms with Gasteiger partial charge in [0.25, 0.3) is 0 Å².